The van der Waals surface area contributed by atoms with Crippen molar-refractivity contribution >= 4 is 32.8 Å². The first kappa shape index (κ1) is 24.6. The quantitative estimate of drug-likeness (QED) is 0.391. The third kappa shape index (κ3) is 5.23. The molecule has 0 N–H and O–H groups in total. The summed E-state index contributed by atoms with van der Waals surface area (Å²) in [6.07, 6.45) is -0.669. The lowest BCUT2D eigenvalue weighted by molar-refractivity contribution is -0.137. The molecular formula is C24H26F3N3O3S2. The minimum atomic E-state index is -4.37. The number of rotatable bonds is 7. The Balaban J connectivity index is 1.44. The molecule has 0 amide bonds. The second-order valence-corrected chi connectivity index (χ2v) is 11.8. The smallest absolute Gasteiger partial charge is 0.376 e. The summed E-state index contributed by atoms with van der Waals surface area (Å²) in [5.74, 6) is 0.436. The predicted molar refractivity (Wildman–Crippen MR) is 128 cm³/mol. The Labute approximate surface area is 206 Å². The highest BCUT2D eigenvalue weighted by atomic mass is 32.2. The van der Waals surface area contributed by atoms with E-state index >= 15 is 0 Å². The lowest BCUT2D eigenvalue weighted by Crippen LogP contribution is -2.27. The third-order valence-electron chi connectivity index (χ3n) is 6.45. The molecule has 3 heterocycles. The van der Waals surface area contributed by atoms with Gasteiger partial charge in [0.25, 0.3) is 0 Å². The van der Waals surface area contributed by atoms with Crippen LogP contribution in [0.2, 0.25) is 0 Å². The first-order valence-corrected chi connectivity index (χ1v) is 14.1. The molecule has 188 valence electrons. The van der Waals surface area contributed by atoms with Crippen LogP contribution in [0.4, 0.5) is 13.2 Å². The van der Waals surface area contributed by atoms with E-state index in [2.05, 4.69) is 0 Å². The molecule has 0 radical (unpaired) electrons. The summed E-state index contributed by atoms with van der Waals surface area (Å²) in [4.78, 5) is 4.96. The zero-order valence-electron chi connectivity index (χ0n) is 19.0. The minimum Gasteiger partial charge on any atom is -0.376 e. The first-order chi connectivity index (χ1) is 16.7. The molecule has 1 aromatic heterocycles. The molecule has 3 aromatic rings. The summed E-state index contributed by atoms with van der Waals surface area (Å²) in [7, 11) is -3.57. The molecule has 2 aromatic carbocycles. The van der Waals surface area contributed by atoms with Gasteiger partial charge in [-0.2, -0.15) is 17.5 Å². The maximum absolute atomic E-state index is 13.0. The van der Waals surface area contributed by atoms with E-state index in [4.69, 9.17) is 9.72 Å². The van der Waals surface area contributed by atoms with Crippen LogP contribution in [0.5, 0.6) is 0 Å². The number of thioether (sulfide) groups is 1. The van der Waals surface area contributed by atoms with E-state index in [1.807, 2.05) is 4.57 Å². The van der Waals surface area contributed by atoms with Gasteiger partial charge in [-0.1, -0.05) is 23.9 Å². The summed E-state index contributed by atoms with van der Waals surface area (Å²) in [6, 6.07) is 10.2. The van der Waals surface area contributed by atoms with Crippen LogP contribution in [0.3, 0.4) is 0 Å². The van der Waals surface area contributed by atoms with Crippen LogP contribution in [0.1, 0.15) is 36.8 Å². The summed E-state index contributed by atoms with van der Waals surface area (Å²) in [5.41, 5.74) is 1.47. The van der Waals surface area contributed by atoms with Crippen molar-refractivity contribution in [3.8, 4) is 0 Å². The molecule has 2 aliphatic heterocycles. The monoisotopic (exact) mass is 525 g/mol. The fourth-order valence-electron chi connectivity index (χ4n) is 4.54. The molecule has 0 aliphatic carbocycles. The molecular weight excluding hydrogens is 499 g/mol. The van der Waals surface area contributed by atoms with E-state index in [1.54, 1.807) is 18.2 Å². The fourth-order valence-corrected chi connectivity index (χ4v) is 7.06. The van der Waals surface area contributed by atoms with Crippen molar-refractivity contribution in [2.45, 2.75) is 60.3 Å². The Bertz CT molecular complexity index is 1300. The average molecular weight is 526 g/mol. The van der Waals surface area contributed by atoms with Crippen molar-refractivity contribution in [2.75, 3.05) is 19.7 Å². The van der Waals surface area contributed by atoms with E-state index in [1.165, 1.54) is 28.2 Å². The van der Waals surface area contributed by atoms with Crippen LogP contribution in [0.15, 0.2) is 52.5 Å². The first-order valence-electron chi connectivity index (χ1n) is 11.6. The number of aromatic nitrogens is 2. The van der Waals surface area contributed by atoms with Gasteiger partial charge in [-0.15, -0.1) is 0 Å². The van der Waals surface area contributed by atoms with E-state index in [9.17, 15) is 21.6 Å². The number of halogens is 3. The number of benzene rings is 2. The molecule has 0 unspecified atom stereocenters. The van der Waals surface area contributed by atoms with Crippen molar-refractivity contribution in [2.24, 2.45) is 0 Å². The van der Waals surface area contributed by atoms with Crippen molar-refractivity contribution in [1.29, 1.82) is 0 Å². The van der Waals surface area contributed by atoms with Gasteiger partial charge in [0.15, 0.2) is 5.16 Å². The number of nitrogens with zero attached hydrogens (tertiary/aromatic N) is 3. The molecule has 2 fully saturated rings. The van der Waals surface area contributed by atoms with Gasteiger partial charge in [-0.25, -0.2) is 13.4 Å². The Kier molecular flexibility index (Phi) is 6.86. The highest BCUT2D eigenvalue weighted by molar-refractivity contribution is 7.98. The zero-order valence-corrected chi connectivity index (χ0v) is 20.6. The molecule has 6 nitrogen and oxygen atoms in total. The Morgan fingerprint density at radius 1 is 1.06 bits per heavy atom. The lowest BCUT2D eigenvalue weighted by Gasteiger charge is -2.16. The second kappa shape index (κ2) is 9.76. The standard InChI is InChI=1S/C24H26F3N3O3S2/c25-24(26,27)18-7-5-17(6-8-18)16-34-23-28-21-14-20(35(31,32)29-11-1-2-12-29)9-10-22(21)30(23)15-19-4-3-13-33-19/h5-10,14,19H,1-4,11-13,15-16H2/t19-/m1/s1. The van der Waals surface area contributed by atoms with Gasteiger partial charge in [-0.3, -0.25) is 0 Å². The van der Waals surface area contributed by atoms with Gasteiger partial charge >= 0.3 is 6.18 Å². The zero-order chi connectivity index (χ0) is 24.6. The number of imidazole rings is 1. The van der Waals surface area contributed by atoms with E-state index in [-0.39, 0.29) is 11.0 Å². The number of sulfonamides is 1. The topological polar surface area (TPSA) is 64.4 Å². The van der Waals surface area contributed by atoms with Crippen molar-refractivity contribution < 1.29 is 26.3 Å². The number of ether oxygens (including phenoxy) is 1. The molecule has 0 spiro atoms. The molecule has 2 saturated heterocycles. The van der Waals surface area contributed by atoms with Gasteiger partial charge in [-0.05, 0) is 61.6 Å². The van der Waals surface area contributed by atoms with Crippen molar-refractivity contribution in [1.82, 2.24) is 13.9 Å². The largest absolute Gasteiger partial charge is 0.416 e. The molecule has 0 saturated carbocycles. The van der Waals surface area contributed by atoms with Gasteiger partial charge < -0.3 is 9.30 Å². The van der Waals surface area contributed by atoms with Crippen molar-refractivity contribution in [3.05, 3.63) is 53.6 Å². The summed E-state index contributed by atoms with van der Waals surface area (Å²) in [6.45, 7) is 2.36. The number of hydrogen-bond acceptors (Lipinski definition) is 5. The molecule has 1 atom stereocenters. The van der Waals surface area contributed by atoms with Crippen LogP contribution in [-0.4, -0.2) is 48.1 Å². The number of fused-ring (bicyclic) bond motifs is 1. The Morgan fingerprint density at radius 3 is 2.46 bits per heavy atom. The van der Waals surface area contributed by atoms with Crippen molar-refractivity contribution in [3.63, 3.8) is 0 Å². The van der Waals surface area contributed by atoms with Gasteiger partial charge in [0.1, 0.15) is 0 Å². The molecule has 11 heteroatoms. The average Bonchev–Trinajstić information content (AvgIpc) is 3.59. The van der Waals surface area contributed by atoms with Crippen LogP contribution in [0.25, 0.3) is 11.0 Å². The Morgan fingerprint density at radius 2 is 1.80 bits per heavy atom. The van der Waals surface area contributed by atoms with E-state index < -0.39 is 21.8 Å². The van der Waals surface area contributed by atoms with Crippen LogP contribution in [0, 0.1) is 0 Å². The minimum absolute atomic E-state index is 0.0471. The number of alkyl halides is 3. The maximum atomic E-state index is 13.0. The molecule has 2 aliphatic rings. The second-order valence-electron chi connectivity index (χ2n) is 8.89. The summed E-state index contributed by atoms with van der Waals surface area (Å²) < 4.78 is 74.1. The van der Waals surface area contributed by atoms with Crippen LogP contribution in [-0.2, 0) is 33.2 Å². The highest BCUT2D eigenvalue weighted by Crippen LogP contribution is 2.33. The summed E-state index contributed by atoms with van der Waals surface area (Å²) >= 11 is 1.42. The third-order valence-corrected chi connectivity index (χ3v) is 9.39. The molecule has 0 bridgehead atoms. The van der Waals surface area contributed by atoms with Crippen LogP contribution >= 0.6 is 11.8 Å². The van der Waals surface area contributed by atoms with E-state index in [0.29, 0.717) is 42.7 Å². The normalized spacial score (nSPS) is 19.7. The maximum Gasteiger partial charge on any atom is 0.416 e. The molecule has 35 heavy (non-hydrogen) atoms. The van der Waals surface area contributed by atoms with Crippen LogP contribution < -0.4 is 0 Å². The predicted octanol–water partition coefficient (Wildman–Crippen LogP) is 5.31. The molecule has 5 rings (SSSR count). The van der Waals surface area contributed by atoms with Gasteiger partial charge in [0, 0.05) is 25.4 Å². The lowest BCUT2D eigenvalue weighted by atomic mass is 10.1. The SMILES string of the molecule is O=S(=O)(c1ccc2c(c1)nc(SCc1ccc(C(F)(F)F)cc1)n2C[C@H]1CCCO1)N1CCCC1. The summed E-state index contributed by atoms with van der Waals surface area (Å²) in [5, 5.41) is 0.686. The number of hydrogen-bond donors (Lipinski definition) is 0. The highest BCUT2D eigenvalue weighted by Gasteiger charge is 2.30. The Hall–Kier alpha value is -2.08. The van der Waals surface area contributed by atoms with Gasteiger partial charge in [0.05, 0.1) is 34.1 Å². The van der Waals surface area contributed by atoms with Gasteiger partial charge in [0.2, 0.25) is 10.0 Å². The van der Waals surface area contributed by atoms with E-state index in [0.717, 1.165) is 48.9 Å². The fraction of sp³-hybridized carbons (Fsp3) is 0.458.